The molecule has 3 aromatic carbocycles. The van der Waals surface area contributed by atoms with Crippen LogP contribution in [-0.4, -0.2) is 22.6 Å². The lowest BCUT2D eigenvalue weighted by Gasteiger charge is -2.15. The molecule has 124 valence electrons. The highest BCUT2D eigenvalue weighted by Gasteiger charge is 2.23. The summed E-state index contributed by atoms with van der Waals surface area (Å²) >= 11 is 0. The van der Waals surface area contributed by atoms with E-state index in [2.05, 4.69) is 0 Å². The molecule has 0 aliphatic carbocycles. The lowest BCUT2D eigenvalue weighted by Crippen LogP contribution is -2.03. The third kappa shape index (κ3) is 3.06. The molecule has 0 aromatic heterocycles. The summed E-state index contributed by atoms with van der Waals surface area (Å²) in [5, 5.41) is 12.4. The number of hydrogen-bond donors (Lipinski definition) is 2. The zero-order valence-corrected chi connectivity index (χ0v) is 14.0. The summed E-state index contributed by atoms with van der Waals surface area (Å²) in [7, 11) is -3.82. The Bertz CT molecular complexity index is 980. The molecule has 0 aliphatic heterocycles. The smallest absolute Gasteiger partial charge is 0.336 e. The van der Waals surface area contributed by atoms with E-state index in [1.165, 1.54) is 0 Å². The SMILES string of the molecule is CCOP(=O)(O)Cc1cccc2cc3ccccc3c(C(=O)O)c12. The molecule has 0 radical (unpaired) electrons. The molecule has 6 heteroatoms. The molecule has 0 saturated heterocycles. The molecule has 0 saturated carbocycles. The Morgan fingerprint density at radius 2 is 1.83 bits per heavy atom. The van der Waals surface area contributed by atoms with Gasteiger partial charge in [0.15, 0.2) is 0 Å². The van der Waals surface area contributed by atoms with Gasteiger partial charge in [0, 0.05) is 5.39 Å². The van der Waals surface area contributed by atoms with Gasteiger partial charge < -0.3 is 14.5 Å². The van der Waals surface area contributed by atoms with Gasteiger partial charge in [-0.3, -0.25) is 4.57 Å². The van der Waals surface area contributed by atoms with Crippen LogP contribution in [0.25, 0.3) is 21.5 Å². The first-order valence-corrected chi connectivity index (χ1v) is 9.32. The summed E-state index contributed by atoms with van der Waals surface area (Å²) in [5.41, 5.74) is 0.644. The van der Waals surface area contributed by atoms with Crippen molar-refractivity contribution in [2.45, 2.75) is 13.1 Å². The van der Waals surface area contributed by atoms with E-state index in [9.17, 15) is 19.4 Å². The Hall–Kier alpha value is -2.20. The third-order valence-electron chi connectivity index (χ3n) is 3.89. The van der Waals surface area contributed by atoms with E-state index in [4.69, 9.17) is 4.52 Å². The zero-order valence-electron chi connectivity index (χ0n) is 13.1. The molecule has 0 heterocycles. The van der Waals surface area contributed by atoms with E-state index < -0.39 is 13.6 Å². The first-order valence-electron chi connectivity index (χ1n) is 7.56. The number of benzene rings is 3. The van der Waals surface area contributed by atoms with Gasteiger partial charge in [0.25, 0.3) is 0 Å². The largest absolute Gasteiger partial charge is 0.478 e. The van der Waals surface area contributed by atoms with Gasteiger partial charge in [-0.05, 0) is 34.7 Å². The first kappa shape index (κ1) is 16.7. The fourth-order valence-electron chi connectivity index (χ4n) is 3.01. The average Bonchev–Trinajstić information content (AvgIpc) is 2.52. The Morgan fingerprint density at radius 1 is 1.12 bits per heavy atom. The fraction of sp³-hybridized carbons (Fsp3) is 0.167. The molecule has 0 spiro atoms. The van der Waals surface area contributed by atoms with Crippen LogP contribution in [0.2, 0.25) is 0 Å². The van der Waals surface area contributed by atoms with Gasteiger partial charge in [-0.15, -0.1) is 0 Å². The number of hydrogen-bond acceptors (Lipinski definition) is 3. The molecule has 0 fully saturated rings. The van der Waals surface area contributed by atoms with Crippen LogP contribution in [-0.2, 0) is 15.3 Å². The summed E-state index contributed by atoms with van der Waals surface area (Å²) in [6.07, 6.45) is -0.225. The van der Waals surface area contributed by atoms with Crippen LogP contribution in [0.4, 0.5) is 0 Å². The monoisotopic (exact) mass is 344 g/mol. The Labute approximate surface area is 139 Å². The molecular formula is C18H17O5P. The number of rotatable bonds is 5. The van der Waals surface area contributed by atoms with Crippen LogP contribution in [0, 0.1) is 0 Å². The third-order valence-corrected chi connectivity index (χ3v) is 5.29. The molecule has 2 N–H and O–H groups in total. The summed E-state index contributed by atoms with van der Waals surface area (Å²) in [6.45, 7) is 1.76. The van der Waals surface area contributed by atoms with E-state index in [0.29, 0.717) is 16.3 Å². The average molecular weight is 344 g/mol. The molecule has 1 atom stereocenters. The van der Waals surface area contributed by atoms with E-state index in [-0.39, 0.29) is 18.3 Å². The minimum absolute atomic E-state index is 0.118. The van der Waals surface area contributed by atoms with Gasteiger partial charge >= 0.3 is 13.6 Å². The van der Waals surface area contributed by atoms with Crippen molar-refractivity contribution in [1.82, 2.24) is 0 Å². The number of carbonyl (C=O) groups is 1. The number of fused-ring (bicyclic) bond motifs is 2. The number of aromatic carboxylic acids is 1. The minimum Gasteiger partial charge on any atom is -0.478 e. The van der Waals surface area contributed by atoms with E-state index in [1.54, 1.807) is 37.3 Å². The summed E-state index contributed by atoms with van der Waals surface area (Å²) in [5.74, 6) is -1.06. The molecule has 3 rings (SSSR count). The lowest BCUT2D eigenvalue weighted by atomic mass is 9.94. The fourth-order valence-corrected chi connectivity index (χ4v) is 4.20. The Kier molecular flexibility index (Phi) is 4.41. The van der Waals surface area contributed by atoms with Gasteiger partial charge in [-0.2, -0.15) is 0 Å². The van der Waals surface area contributed by atoms with Crippen LogP contribution < -0.4 is 0 Å². The van der Waals surface area contributed by atoms with Crippen LogP contribution >= 0.6 is 7.60 Å². The highest BCUT2D eigenvalue weighted by Crippen LogP contribution is 2.47. The van der Waals surface area contributed by atoms with Crippen LogP contribution in [0.5, 0.6) is 0 Å². The van der Waals surface area contributed by atoms with Crippen molar-refractivity contribution in [1.29, 1.82) is 0 Å². The van der Waals surface area contributed by atoms with Crippen molar-refractivity contribution < 1.29 is 23.9 Å². The Balaban J connectivity index is 2.34. The quantitative estimate of drug-likeness (QED) is 0.529. The van der Waals surface area contributed by atoms with Crippen LogP contribution in [0.1, 0.15) is 22.8 Å². The van der Waals surface area contributed by atoms with Crippen LogP contribution in [0.15, 0.2) is 48.5 Å². The minimum atomic E-state index is -3.82. The highest BCUT2D eigenvalue weighted by molar-refractivity contribution is 7.52. The molecule has 5 nitrogen and oxygen atoms in total. The van der Waals surface area contributed by atoms with E-state index in [0.717, 1.165) is 10.8 Å². The van der Waals surface area contributed by atoms with Gasteiger partial charge in [-0.25, -0.2) is 4.79 Å². The van der Waals surface area contributed by atoms with Crippen molar-refractivity contribution in [3.8, 4) is 0 Å². The zero-order chi connectivity index (χ0) is 17.3. The van der Waals surface area contributed by atoms with Crippen molar-refractivity contribution in [2.75, 3.05) is 6.61 Å². The number of carboxylic acids is 1. The molecular weight excluding hydrogens is 327 g/mol. The van der Waals surface area contributed by atoms with Crippen molar-refractivity contribution in [3.05, 3.63) is 59.7 Å². The highest BCUT2D eigenvalue weighted by atomic mass is 31.2. The molecule has 1 unspecified atom stereocenters. The molecule has 0 bridgehead atoms. The van der Waals surface area contributed by atoms with Crippen molar-refractivity contribution in [2.24, 2.45) is 0 Å². The summed E-state index contributed by atoms with van der Waals surface area (Å²) < 4.78 is 17.1. The topological polar surface area (TPSA) is 83.8 Å². The molecule has 0 aliphatic rings. The van der Waals surface area contributed by atoms with Gasteiger partial charge in [0.1, 0.15) is 0 Å². The predicted molar refractivity (Wildman–Crippen MR) is 93.6 cm³/mol. The summed E-state index contributed by atoms with van der Waals surface area (Å²) in [4.78, 5) is 21.9. The van der Waals surface area contributed by atoms with Gasteiger partial charge in [0.2, 0.25) is 0 Å². The second-order valence-electron chi connectivity index (χ2n) is 5.51. The normalized spacial score (nSPS) is 13.9. The van der Waals surface area contributed by atoms with Crippen molar-refractivity contribution in [3.63, 3.8) is 0 Å². The maximum Gasteiger partial charge on any atom is 0.336 e. The second kappa shape index (κ2) is 6.36. The molecule has 24 heavy (non-hydrogen) atoms. The van der Waals surface area contributed by atoms with Gasteiger partial charge in [0.05, 0.1) is 18.3 Å². The Morgan fingerprint density at radius 3 is 2.54 bits per heavy atom. The molecule has 0 amide bonds. The molecule has 3 aromatic rings. The van der Waals surface area contributed by atoms with Gasteiger partial charge in [-0.1, -0.05) is 42.5 Å². The first-order chi connectivity index (χ1) is 11.4. The van der Waals surface area contributed by atoms with Crippen molar-refractivity contribution >= 4 is 35.1 Å². The van der Waals surface area contributed by atoms with E-state index >= 15 is 0 Å². The predicted octanol–water partition coefficient (Wildman–Crippen LogP) is 4.41. The van der Waals surface area contributed by atoms with Crippen LogP contribution in [0.3, 0.4) is 0 Å². The summed E-state index contributed by atoms with van der Waals surface area (Å²) in [6, 6.07) is 14.3. The second-order valence-corrected chi connectivity index (χ2v) is 7.36. The maximum atomic E-state index is 12.2. The van der Waals surface area contributed by atoms with E-state index in [1.807, 2.05) is 18.2 Å². The maximum absolute atomic E-state index is 12.2. The lowest BCUT2D eigenvalue weighted by molar-refractivity contribution is 0.0701. The number of carboxylic acid groups (broad SMARTS) is 1. The standard InChI is InChI=1S/C18H17O5P/c1-2-23-24(21,22)11-14-8-5-7-13-10-12-6-3-4-9-15(12)17(16(13)14)18(19)20/h3-10H,2,11H2,1H3,(H,19,20)(H,21,22).